The standard InChI is InChI=1S/C16H21N5O/c1-10-3-4-13(17)9-14(10)20-16-19-11(2)18-15(21-16)12-5-7-22-8-6-12/h3-4,9,12H,5-8,17H2,1-2H3,(H,18,19,20,21). The van der Waals surface area contributed by atoms with E-state index in [2.05, 4.69) is 20.3 Å². The fourth-order valence-corrected chi connectivity index (χ4v) is 2.59. The van der Waals surface area contributed by atoms with Crippen LogP contribution in [0.2, 0.25) is 0 Å². The molecule has 22 heavy (non-hydrogen) atoms. The van der Waals surface area contributed by atoms with Crippen LogP contribution in [0.15, 0.2) is 18.2 Å². The maximum absolute atomic E-state index is 5.85. The van der Waals surface area contributed by atoms with Crippen molar-refractivity contribution in [1.82, 2.24) is 15.0 Å². The number of aryl methyl sites for hydroxylation is 2. The maximum Gasteiger partial charge on any atom is 0.230 e. The van der Waals surface area contributed by atoms with E-state index in [1.54, 1.807) is 0 Å². The van der Waals surface area contributed by atoms with Crippen molar-refractivity contribution in [2.24, 2.45) is 0 Å². The number of nitrogens with zero attached hydrogens (tertiary/aromatic N) is 3. The van der Waals surface area contributed by atoms with Crippen LogP contribution in [-0.4, -0.2) is 28.2 Å². The second kappa shape index (κ2) is 6.27. The zero-order valence-electron chi connectivity index (χ0n) is 13.0. The van der Waals surface area contributed by atoms with E-state index in [0.29, 0.717) is 17.6 Å². The highest BCUT2D eigenvalue weighted by molar-refractivity contribution is 5.63. The first kappa shape index (κ1) is 14.7. The van der Waals surface area contributed by atoms with Crippen LogP contribution in [0.5, 0.6) is 0 Å². The Labute approximate surface area is 130 Å². The van der Waals surface area contributed by atoms with Crippen LogP contribution in [0.3, 0.4) is 0 Å². The van der Waals surface area contributed by atoms with E-state index < -0.39 is 0 Å². The third-order valence-electron chi connectivity index (χ3n) is 3.86. The molecular weight excluding hydrogens is 278 g/mol. The minimum atomic E-state index is 0.345. The van der Waals surface area contributed by atoms with Crippen molar-refractivity contribution in [3.05, 3.63) is 35.4 Å². The molecule has 1 aliphatic rings. The first-order valence-electron chi connectivity index (χ1n) is 7.55. The van der Waals surface area contributed by atoms with E-state index in [0.717, 1.165) is 49.0 Å². The number of rotatable bonds is 3. The molecule has 0 atom stereocenters. The molecule has 0 amide bonds. The molecule has 0 saturated carbocycles. The SMILES string of the molecule is Cc1nc(Nc2cc(N)ccc2C)nc(C2CCOCC2)n1. The van der Waals surface area contributed by atoms with Crippen molar-refractivity contribution >= 4 is 17.3 Å². The van der Waals surface area contributed by atoms with Crippen LogP contribution in [0.4, 0.5) is 17.3 Å². The summed E-state index contributed by atoms with van der Waals surface area (Å²) in [5, 5.41) is 3.26. The molecule has 2 heterocycles. The van der Waals surface area contributed by atoms with Gasteiger partial charge >= 0.3 is 0 Å². The van der Waals surface area contributed by atoms with Gasteiger partial charge in [0.05, 0.1) is 0 Å². The number of nitrogen functional groups attached to an aromatic ring is 1. The third-order valence-corrected chi connectivity index (χ3v) is 3.86. The monoisotopic (exact) mass is 299 g/mol. The van der Waals surface area contributed by atoms with Gasteiger partial charge in [-0.05, 0) is 44.4 Å². The minimum absolute atomic E-state index is 0.345. The lowest BCUT2D eigenvalue weighted by atomic mass is 10.00. The number of aromatic nitrogens is 3. The maximum atomic E-state index is 5.85. The van der Waals surface area contributed by atoms with Gasteiger partial charge in [0, 0.05) is 30.5 Å². The second-order valence-electron chi connectivity index (χ2n) is 5.65. The Hall–Kier alpha value is -2.21. The highest BCUT2D eigenvalue weighted by Gasteiger charge is 2.20. The molecule has 0 aliphatic carbocycles. The molecule has 1 fully saturated rings. The average molecular weight is 299 g/mol. The van der Waals surface area contributed by atoms with E-state index in [1.165, 1.54) is 0 Å². The zero-order valence-corrected chi connectivity index (χ0v) is 13.0. The van der Waals surface area contributed by atoms with Crippen molar-refractivity contribution in [2.45, 2.75) is 32.6 Å². The van der Waals surface area contributed by atoms with Gasteiger partial charge in [0.1, 0.15) is 11.6 Å². The van der Waals surface area contributed by atoms with Gasteiger partial charge < -0.3 is 15.8 Å². The minimum Gasteiger partial charge on any atom is -0.399 e. The fourth-order valence-electron chi connectivity index (χ4n) is 2.59. The molecule has 1 aromatic heterocycles. The quantitative estimate of drug-likeness (QED) is 0.848. The number of ether oxygens (including phenoxy) is 1. The van der Waals surface area contributed by atoms with Gasteiger partial charge in [0.25, 0.3) is 0 Å². The summed E-state index contributed by atoms with van der Waals surface area (Å²) in [5.74, 6) is 2.49. The molecule has 0 unspecified atom stereocenters. The molecule has 6 nitrogen and oxygen atoms in total. The Morgan fingerprint density at radius 3 is 2.68 bits per heavy atom. The lowest BCUT2D eigenvalue weighted by Crippen LogP contribution is -2.18. The van der Waals surface area contributed by atoms with Gasteiger partial charge in [-0.25, -0.2) is 4.98 Å². The Morgan fingerprint density at radius 2 is 1.91 bits per heavy atom. The van der Waals surface area contributed by atoms with Crippen molar-refractivity contribution < 1.29 is 4.74 Å². The molecule has 0 spiro atoms. The predicted octanol–water partition coefficient (Wildman–Crippen LogP) is 2.71. The summed E-state index contributed by atoms with van der Waals surface area (Å²) >= 11 is 0. The third kappa shape index (κ3) is 3.33. The van der Waals surface area contributed by atoms with Crippen LogP contribution in [0.25, 0.3) is 0 Å². The molecule has 1 saturated heterocycles. The first-order valence-corrected chi connectivity index (χ1v) is 7.55. The van der Waals surface area contributed by atoms with E-state index in [1.807, 2.05) is 32.0 Å². The van der Waals surface area contributed by atoms with Crippen LogP contribution < -0.4 is 11.1 Å². The number of nitrogens with one attached hydrogen (secondary N) is 1. The largest absolute Gasteiger partial charge is 0.399 e. The molecule has 1 aliphatic heterocycles. The lowest BCUT2D eigenvalue weighted by molar-refractivity contribution is 0.0835. The Morgan fingerprint density at radius 1 is 1.14 bits per heavy atom. The molecule has 3 rings (SSSR count). The highest BCUT2D eigenvalue weighted by atomic mass is 16.5. The molecule has 1 aromatic carbocycles. The van der Waals surface area contributed by atoms with Gasteiger partial charge in [-0.2, -0.15) is 9.97 Å². The van der Waals surface area contributed by atoms with Crippen molar-refractivity contribution in [1.29, 1.82) is 0 Å². The van der Waals surface area contributed by atoms with Gasteiger partial charge in [-0.15, -0.1) is 0 Å². The summed E-state index contributed by atoms with van der Waals surface area (Å²) in [6.07, 6.45) is 1.92. The Balaban J connectivity index is 1.87. The summed E-state index contributed by atoms with van der Waals surface area (Å²) in [6, 6.07) is 5.75. The van der Waals surface area contributed by atoms with Crippen molar-refractivity contribution in [2.75, 3.05) is 24.3 Å². The molecule has 0 radical (unpaired) electrons. The normalized spacial score (nSPS) is 15.7. The van der Waals surface area contributed by atoms with E-state index in [9.17, 15) is 0 Å². The van der Waals surface area contributed by atoms with Crippen molar-refractivity contribution in [3.8, 4) is 0 Å². The number of benzene rings is 1. The molecule has 3 N–H and O–H groups in total. The summed E-state index contributed by atoms with van der Waals surface area (Å²) < 4.78 is 5.41. The van der Waals surface area contributed by atoms with E-state index in [-0.39, 0.29) is 0 Å². The Kier molecular flexibility index (Phi) is 4.20. The smallest absolute Gasteiger partial charge is 0.230 e. The van der Waals surface area contributed by atoms with Crippen LogP contribution in [0.1, 0.15) is 36.0 Å². The second-order valence-corrected chi connectivity index (χ2v) is 5.65. The summed E-state index contributed by atoms with van der Waals surface area (Å²) in [7, 11) is 0. The average Bonchev–Trinajstić information content (AvgIpc) is 2.51. The molecule has 0 bridgehead atoms. The summed E-state index contributed by atoms with van der Waals surface area (Å²) in [6.45, 7) is 5.45. The summed E-state index contributed by atoms with van der Waals surface area (Å²) in [5.41, 5.74) is 8.58. The van der Waals surface area contributed by atoms with Gasteiger partial charge in [0.2, 0.25) is 5.95 Å². The number of nitrogens with two attached hydrogens (primary N) is 1. The van der Waals surface area contributed by atoms with Crippen molar-refractivity contribution in [3.63, 3.8) is 0 Å². The molecular formula is C16H21N5O. The fraction of sp³-hybridized carbons (Fsp3) is 0.438. The van der Waals surface area contributed by atoms with Gasteiger partial charge in [0.15, 0.2) is 0 Å². The van der Waals surface area contributed by atoms with E-state index in [4.69, 9.17) is 10.5 Å². The number of hydrogen-bond donors (Lipinski definition) is 2. The van der Waals surface area contributed by atoms with Crippen LogP contribution in [0, 0.1) is 13.8 Å². The zero-order chi connectivity index (χ0) is 15.5. The first-order chi connectivity index (χ1) is 10.6. The predicted molar refractivity (Wildman–Crippen MR) is 86.2 cm³/mol. The molecule has 6 heteroatoms. The van der Waals surface area contributed by atoms with Gasteiger partial charge in [-0.1, -0.05) is 6.07 Å². The molecule has 2 aromatic rings. The Bertz CT molecular complexity index is 668. The molecule has 116 valence electrons. The van der Waals surface area contributed by atoms with Crippen LogP contribution in [-0.2, 0) is 4.74 Å². The highest BCUT2D eigenvalue weighted by Crippen LogP contribution is 2.26. The number of anilines is 3. The lowest BCUT2D eigenvalue weighted by Gasteiger charge is -2.21. The van der Waals surface area contributed by atoms with Gasteiger partial charge in [-0.3, -0.25) is 0 Å². The summed E-state index contributed by atoms with van der Waals surface area (Å²) in [4.78, 5) is 13.5. The number of hydrogen-bond acceptors (Lipinski definition) is 6. The van der Waals surface area contributed by atoms with Crippen LogP contribution >= 0.6 is 0 Å². The topological polar surface area (TPSA) is 86.0 Å². The van der Waals surface area contributed by atoms with E-state index >= 15 is 0 Å².